The number of para-hydroxylation sites is 4. The van der Waals surface area contributed by atoms with Gasteiger partial charge in [-0.25, -0.2) is 9.55 Å². The van der Waals surface area contributed by atoms with E-state index in [-0.39, 0.29) is 11.6 Å². The molecule has 5 nitrogen and oxygen atoms in total. The highest BCUT2D eigenvalue weighted by Crippen LogP contribution is 2.48. The second kappa shape index (κ2) is 14.1. The lowest BCUT2D eigenvalue weighted by Gasteiger charge is -2.30. The molecular weight excluding hydrogens is 695 g/mol. The summed E-state index contributed by atoms with van der Waals surface area (Å²) in [5.74, 6) is 0.549. The maximum Gasteiger partial charge on any atom is 0.191 e. The summed E-state index contributed by atoms with van der Waals surface area (Å²) in [5.41, 5.74) is 12.7. The van der Waals surface area contributed by atoms with Crippen molar-refractivity contribution in [3.05, 3.63) is 200 Å². The van der Waals surface area contributed by atoms with E-state index < -0.39 is 6.85 Å². The van der Waals surface area contributed by atoms with E-state index in [1.165, 1.54) is 5.52 Å². The number of imidazole rings is 1. The lowest BCUT2D eigenvalue weighted by Crippen LogP contribution is -2.13. The molecule has 274 valence electrons. The summed E-state index contributed by atoms with van der Waals surface area (Å²) >= 11 is 0. The zero-order valence-corrected chi connectivity index (χ0v) is 31.8. The van der Waals surface area contributed by atoms with Crippen LogP contribution in [0.1, 0.15) is 29.6 Å². The molecule has 3 heterocycles. The first-order valence-electron chi connectivity index (χ1n) is 20.9. The van der Waals surface area contributed by atoms with Gasteiger partial charge in [0.1, 0.15) is 11.5 Å². The van der Waals surface area contributed by atoms with E-state index in [1.807, 2.05) is 12.1 Å². The third kappa shape index (κ3) is 5.96. The molecule has 0 aliphatic heterocycles. The Bertz CT molecular complexity index is 3120. The van der Waals surface area contributed by atoms with Crippen molar-refractivity contribution in [3.8, 4) is 33.8 Å². The molecule has 10 aromatic rings. The first-order chi connectivity index (χ1) is 29.2. The summed E-state index contributed by atoms with van der Waals surface area (Å²) in [6, 6.07) is 63.4. The molecule has 0 bridgehead atoms. The fraction of sp³-hybridized carbons (Fsp3) is 0.0769. The SMILES string of the molecule is [2H]C([2H])([2H])c1ccnc(-n2c3ccccc3c3ccc(N(c4cccc(-n5[cH+]n(C(C)C)c6ccccc65)c4)c4c(-c5ccccc5)cccc4-c4ccccc4)cc32)c1. The van der Waals surface area contributed by atoms with E-state index in [0.29, 0.717) is 5.82 Å². The second-order valence-electron chi connectivity index (χ2n) is 14.7. The van der Waals surface area contributed by atoms with Crippen molar-refractivity contribution in [1.29, 1.82) is 0 Å². The van der Waals surface area contributed by atoms with Crippen molar-refractivity contribution in [2.75, 3.05) is 4.90 Å². The molecule has 0 saturated carbocycles. The van der Waals surface area contributed by atoms with Crippen LogP contribution >= 0.6 is 0 Å². The van der Waals surface area contributed by atoms with Gasteiger partial charge in [-0.3, -0.25) is 4.57 Å². The number of pyridine rings is 1. The zero-order valence-electron chi connectivity index (χ0n) is 34.8. The Labute approximate surface area is 337 Å². The van der Waals surface area contributed by atoms with Gasteiger partial charge in [-0.2, -0.15) is 4.57 Å². The lowest BCUT2D eigenvalue weighted by molar-refractivity contribution is 0.612. The number of benzene rings is 7. The van der Waals surface area contributed by atoms with Crippen LogP contribution in [0.15, 0.2) is 195 Å². The number of fused-ring (bicyclic) bond motifs is 4. The number of hydrogen-bond acceptors (Lipinski definition) is 2. The highest BCUT2D eigenvalue weighted by Gasteiger charge is 2.25. The van der Waals surface area contributed by atoms with Gasteiger partial charge in [0.05, 0.1) is 28.5 Å². The van der Waals surface area contributed by atoms with Gasteiger partial charge in [0.25, 0.3) is 0 Å². The summed E-state index contributed by atoms with van der Waals surface area (Å²) in [6.07, 6.45) is 3.80. The fourth-order valence-electron chi connectivity index (χ4n) is 8.31. The number of aryl methyl sites for hydroxylation is 1. The van der Waals surface area contributed by atoms with Crippen LogP contribution < -0.4 is 4.90 Å². The highest BCUT2D eigenvalue weighted by atomic mass is 15.2. The summed E-state index contributed by atoms with van der Waals surface area (Å²) in [4.78, 5) is 7.15. The van der Waals surface area contributed by atoms with E-state index in [4.69, 9.17) is 9.10 Å². The average molecular weight is 740 g/mol. The summed E-state index contributed by atoms with van der Waals surface area (Å²) in [5, 5.41) is 2.10. The molecular formula is C52H42N5+. The number of rotatable bonds is 8. The van der Waals surface area contributed by atoms with E-state index in [0.717, 1.165) is 72.3 Å². The molecule has 0 N–H and O–H groups in total. The molecule has 3 aromatic heterocycles. The van der Waals surface area contributed by atoms with Crippen LogP contribution in [0.25, 0.3) is 66.6 Å². The highest BCUT2D eigenvalue weighted by molar-refractivity contribution is 6.11. The van der Waals surface area contributed by atoms with E-state index in [2.05, 4.69) is 197 Å². The average Bonchev–Trinajstić information content (AvgIpc) is 3.84. The van der Waals surface area contributed by atoms with Crippen molar-refractivity contribution >= 4 is 49.9 Å². The Kier molecular flexibility index (Phi) is 7.68. The van der Waals surface area contributed by atoms with Gasteiger partial charge in [0, 0.05) is 62.2 Å². The number of nitrogens with zero attached hydrogens (tertiary/aromatic N) is 5. The lowest BCUT2D eigenvalue weighted by atomic mass is 9.94. The smallest absolute Gasteiger partial charge is 0.191 e. The predicted molar refractivity (Wildman–Crippen MR) is 238 cm³/mol. The van der Waals surface area contributed by atoms with Gasteiger partial charge in [0.15, 0.2) is 17.4 Å². The summed E-state index contributed by atoms with van der Waals surface area (Å²) in [6.45, 7) is 2.15. The minimum Gasteiger partial charge on any atom is -0.308 e. The molecule has 57 heavy (non-hydrogen) atoms. The quantitative estimate of drug-likeness (QED) is 0.145. The van der Waals surface area contributed by atoms with Crippen LogP contribution in [0.4, 0.5) is 17.1 Å². The van der Waals surface area contributed by atoms with Crippen LogP contribution in [-0.4, -0.2) is 18.7 Å². The van der Waals surface area contributed by atoms with Gasteiger partial charge in [-0.1, -0.05) is 103 Å². The minimum atomic E-state index is -2.28. The normalized spacial score (nSPS) is 12.6. The van der Waals surface area contributed by atoms with Gasteiger partial charge in [0.2, 0.25) is 0 Å². The van der Waals surface area contributed by atoms with Crippen LogP contribution in [0.2, 0.25) is 0 Å². The molecule has 7 aromatic carbocycles. The first-order valence-corrected chi connectivity index (χ1v) is 19.4. The molecule has 10 rings (SSSR count). The minimum absolute atomic E-state index is 0.244. The van der Waals surface area contributed by atoms with Crippen molar-refractivity contribution in [2.24, 2.45) is 0 Å². The Morgan fingerprint density at radius 2 is 1.19 bits per heavy atom. The van der Waals surface area contributed by atoms with E-state index in [1.54, 1.807) is 18.3 Å². The fourth-order valence-corrected chi connectivity index (χ4v) is 8.31. The van der Waals surface area contributed by atoms with Gasteiger partial charge in [-0.15, -0.1) is 0 Å². The Morgan fingerprint density at radius 1 is 0.561 bits per heavy atom. The van der Waals surface area contributed by atoms with E-state index >= 15 is 0 Å². The van der Waals surface area contributed by atoms with E-state index in [9.17, 15) is 0 Å². The Hall–Kier alpha value is -7.24. The predicted octanol–water partition coefficient (Wildman–Crippen LogP) is 13.9. The maximum atomic E-state index is 8.22. The van der Waals surface area contributed by atoms with Crippen LogP contribution in [0.5, 0.6) is 0 Å². The van der Waals surface area contributed by atoms with Crippen molar-refractivity contribution in [2.45, 2.75) is 26.7 Å². The monoisotopic (exact) mass is 739 g/mol. The molecule has 5 heteroatoms. The molecule has 0 aliphatic rings. The standard InChI is InChI=1S/C52H42N5/c1-36(2)54-35-55(49-27-13-12-26-48(49)54)40-20-14-21-41(33-40)56(52-43(38-16-6-4-7-17-38)23-15-24-44(52)39-18-8-5-9-19-39)42-28-29-46-45-22-10-11-25-47(45)57(50(46)34-42)51-32-37(3)30-31-53-51/h4-36H,1-3H3/q+1/i3D3. The molecule has 0 saturated heterocycles. The topological polar surface area (TPSA) is 30.9 Å². The molecule has 0 fully saturated rings. The van der Waals surface area contributed by atoms with Crippen LogP contribution in [0.3, 0.4) is 0 Å². The molecule has 0 amide bonds. The third-order valence-corrected chi connectivity index (χ3v) is 10.9. The first kappa shape index (κ1) is 31.0. The molecule has 0 radical (unpaired) electrons. The molecule has 0 unspecified atom stereocenters. The van der Waals surface area contributed by atoms with Gasteiger partial charge in [-0.05, 0) is 92.0 Å². The van der Waals surface area contributed by atoms with Gasteiger partial charge >= 0.3 is 0 Å². The van der Waals surface area contributed by atoms with Gasteiger partial charge < -0.3 is 4.90 Å². The van der Waals surface area contributed by atoms with Crippen LogP contribution in [-0.2, 0) is 0 Å². The Balaban J connectivity index is 1.29. The largest absolute Gasteiger partial charge is 0.308 e. The van der Waals surface area contributed by atoms with Crippen molar-refractivity contribution in [3.63, 3.8) is 0 Å². The molecule has 0 atom stereocenters. The third-order valence-electron chi connectivity index (χ3n) is 10.9. The molecule has 0 spiro atoms. The molecule has 0 aliphatic carbocycles. The summed E-state index contributed by atoms with van der Waals surface area (Å²) < 4.78 is 31.3. The zero-order chi connectivity index (χ0) is 41.0. The Morgan fingerprint density at radius 3 is 1.91 bits per heavy atom. The maximum absolute atomic E-state index is 8.22. The number of anilines is 3. The number of hydrogen-bond donors (Lipinski definition) is 0. The van der Waals surface area contributed by atoms with Crippen molar-refractivity contribution in [1.82, 2.24) is 18.7 Å². The number of aromatic nitrogens is 4. The van der Waals surface area contributed by atoms with Crippen LogP contribution in [0, 0.1) is 6.85 Å². The van der Waals surface area contributed by atoms with Crippen molar-refractivity contribution < 1.29 is 4.11 Å². The summed E-state index contributed by atoms with van der Waals surface area (Å²) in [7, 11) is 0. The second-order valence-corrected chi connectivity index (χ2v) is 14.7.